The largest absolute Gasteiger partial charge is 0.457 e. The zero-order valence-corrected chi connectivity index (χ0v) is 39.1. The summed E-state index contributed by atoms with van der Waals surface area (Å²) < 4.78 is 71.7. The van der Waals surface area contributed by atoms with Crippen molar-refractivity contribution in [3.8, 4) is 0 Å². The van der Waals surface area contributed by atoms with Gasteiger partial charge in [-0.2, -0.15) is 0 Å². The standard InChI is InChI=1S/C44H74O21/c1-10-12-14-15-16-18-20-54-41-32(52)37(35(23(5)56-41)62-28(48)19-17-13-11-2)64-44-40(61-27(9)47)39(36(24(6)58-44)60-26(8)46)65-43-33(53)38(34(22(4)57-43)59-25(7)45)63-42-31(51)30(50)29(49)21(3)55-42/h21-24,29-44,49-53H,10-20H2,1-9H3/t21-,22-,23-,24-,29-,30+,31+,32+,33+,34-,35-,36-,37-,38-,39+,40+,41+,42-,43-,44-/m0/s1. The Bertz CT molecular complexity index is 1490. The fourth-order valence-electron chi connectivity index (χ4n) is 8.37. The summed E-state index contributed by atoms with van der Waals surface area (Å²) in [5.74, 6) is -3.01. The Labute approximate surface area is 380 Å². The summed E-state index contributed by atoms with van der Waals surface area (Å²) in [6, 6.07) is 0. The Morgan fingerprint density at radius 1 is 0.415 bits per heavy atom. The summed E-state index contributed by atoms with van der Waals surface area (Å²) in [6.07, 6.45) is -20.9. The second-order valence-electron chi connectivity index (χ2n) is 17.4. The van der Waals surface area contributed by atoms with Gasteiger partial charge in [0.2, 0.25) is 0 Å². The van der Waals surface area contributed by atoms with Crippen molar-refractivity contribution in [1.29, 1.82) is 0 Å². The number of aliphatic hydroxyl groups is 5. The molecule has 0 unspecified atom stereocenters. The molecule has 65 heavy (non-hydrogen) atoms. The van der Waals surface area contributed by atoms with Gasteiger partial charge in [0.05, 0.1) is 24.4 Å². The Balaban J connectivity index is 1.68. The van der Waals surface area contributed by atoms with E-state index in [2.05, 4.69) is 6.92 Å². The van der Waals surface area contributed by atoms with Crippen LogP contribution in [0, 0.1) is 0 Å². The highest BCUT2D eigenvalue weighted by Crippen LogP contribution is 2.37. The summed E-state index contributed by atoms with van der Waals surface area (Å²) in [6.45, 7) is 13.7. The van der Waals surface area contributed by atoms with Crippen molar-refractivity contribution in [3.63, 3.8) is 0 Å². The molecule has 0 spiro atoms. The van der Waals surface area contributed by atoms with E-state index in [9.17, 15) is 44.7 Å². The Morgan fingerprint density at radius 2 is 0.831 bits per heavy atom. The van der Waals surface area contributed by atoms with Gasteiger partial charge in [0.1, 0.15) is 48.8 Å². The minimum absolute atomic E-state index is 0.0867. The fraction of sp³-hybridized carbons (Fsp3) is 0.909. The molecule has 0 radical (unpaired) electrons. The van der Waals surface area contributed by atoms with Gasteiger partial charge < -0.3 is 82.4 Å². The third-order valence-corrected chi connectivity index (χ3v) is 11.8. The van der Waals surface area contributed by atoms with Crippen molar-refractivity contribution in [2.45, 2.75) is 249 Å². The molecule has 4 fully saturated rings. The molecule has 0 amide bonds. The van der Waals surface area contributed by atoms with Crippen LogP contribution in [0.3, 0.4) is 0 Å². The molecule has 0 aromatic carbocycles. The number of unbranched alkanes of at least 4 members (excludes halogenated alkanes) is 7. The molecule has 376 valence electrons. The van der Waals surface area contributed by atoms with Gasteiger partial charge in [0.15, 0.2) is 49.6 Å². The predicted octanol–water partition coefficient (Wildman–Crippen LogP) is 1.59. The van der Waals surface area contributed by atoms with Crippen LogP contribution in [0.2, 0.25) is 0 Å². The molecule has 4 aliphatic rings. The number of carbonyl (C=O) groups is 4. The maximum Gasteiger partial charge on any atom is 0.306 e. The van der Waals surface area contributed by atoms with E-state index in [1.165, 1.54) is 20.8 Å². The first kappa shape index (κ1) is 55.0. The van der Waals surface area contributed by atoms with Crippen LogP contribution in [-0.4, -0.2) is 179 Å². The third kappa shape index (κ3) is 15.2. The van der Waals surface area contributed by atoms with E-state index in [-0.39, 0.29) is 13.0 Å². The molecular formula is C44H74O21. The van der Waals surface area contributed by atoms with E-state index in [0.29, 0.717) is 12.8 Å². The summed E-state index contributed by atoms with van der Waals surface area (Å²) in [4.78, 5) is 50.9. The van der Waals surface area contributed by atoms with Gasteiger partial charge in [-0.15, -0.1) is 0 Å². The van der Waals surface area contributed by atoms with Crippen LogP contribution in [0.5, 0.6) is 0 Å². The smallest absolute Gasteiger partial charge is 0.306 e. The highest BCUT2D eigenvalue weighted by atomic mass is 16.8. The minimum Gasteiger partial charge on any atom is -0.457 e. The Hall–Kier alpha value is -2.64. The van der Waals surface area contributed by atoms with Gasteiger partial charge in [-0.3, -0.25) is 19.2 Å². The second kappa shape index (κ2) is 26.2. The molecule has 4 heterocycles. The summed E-state index contributed by atoms with van der Waals surface area (Å²) >= 11 is 0. The summed E-state index contributed by atoms with van der Waals surface area (Å²) in [5, 5.41) is 55.3. The Morgan fingerprint density at radius 3 is 1.42 bits per heavy atom. The second-order valence-corrected chi connectivity index (χ2v) is 17.4. The highest BCUT2D eigenvalue weighted by molar-refractivity contribution is 5.69. The van der Waals surface area contributed by atoms with Crippen LogP contribution in [0.15, 0.2) is 0 Å². The van der Waals surface area contributed by atoms with Crippen molar-refractivity contribution in [1.82, 2.24) is 0 Å². The molecule has 0 aromatic heterocycles. The van der Waals surface area contributed by atoms with E-state index < -0.39 is 147 Å². The topological polar surface area (TPSA) is 280 Å². The number of ether oxygens (including phenoxy) is 12. The Kier molecular flexibility index (Phi) is 22.2. The van der Waals surface area contributed by atoms with Crippen LogP contribution in [0.4, 0.5) is 0 Å². The summed E-state index contributed by atoms with van der Waals surface area (Å²) in [5.41, 5.74) is 0. The lowest BCUT2D eigenvalue weighted by molar-refractivity contribution is -0.385. The first-order chi connectivity index (χ1) is 30.8. The van der Waals surface area contributed by atoms with Gasteiger partial charge in [-0.1, -0.05) is 58.8 Å². The van der Waals surface area contributed by atoms with Crippen molar-refractivity contribution >= 4 is 23.9 Å². The number of carbonyl (C=O) groups excluding carboxylic acids is 4. The number of esters is 4. The molecule has 0 aliphatic carbocycles. The van der Waals surface area contributed by atoms with E-state index in [1.807, 2.05) is 6.92 Å². The fourth-order valence-corrected chi connectivity index (χ4v) is 8.37. The first-order valence-corrected chi connectivity index (χ1v) is 23.1. The SMILES string of the molecule is CCCCCCCCO[C@@H]1O[C@@H](C)[C@H](OC(=O)CCCCC)[C@@H](O[C@@H]2O[C@@H](C)[C@H](OC(C)=O)[C@@H](O[C@@H]3O[C@@H](C)[C@H](OC(C)=O)[C@@H](O[C@@H]4O[C@@H](C)[C@H](O)[C@@H](O)[C@H]4O)[C@H]3O)[C@H]2OC(C)=O)[C@H]1O. The monoisotopic (exact) mass is 938 g/mol. The normalized spacial score (nSPS) is 39.8. The van der Waals surface area contributed by atoms with Crippen molar-refractivity contribution in [2.24, 2.45) is 0 Å². The van der Waals surface area contributed by atoms with Crippen LogP contribution >= 0.6 is 0 Å². The van der Waals surface area contributed by atoms with E-state index in [0.717, 1.165) is 65.7 Å². The lowest BCUT2D eigenvalue weighted by atomic mass is 9.95. The lowest BCUT2D eigenvalue weighted by Crippen LogP contribution is -2.67. The predicted molar refractivity (Wildman–Crippen MR) is 222 cm³/mol. The molecule has 21 heteroatoms. The van der Waals surface area contributed by atoms with Crippen LogP contribution in [-0.2, 0) is 76.0 Å². The molecule has 5 N–H and O–H groups in total. The quantitative estimate of drug-likeness (QED) is 0.0585. The van der Waals surface area contributed by atoms with Crippen LogP contribution < -0.4 is 0 Å². The highest BCUT2D eigenvalue weighted by Gasteiger charge is 2.58. The average Bonchev–Trinajstić information content (AvgIpc) is 3.23. The summed E-state index contributed by atoms with van der Waals surface area (Å²) in [7, 11) is 0. The van der Waals surface area contributed by atoms with Gasteiger partial charge in [-0.25, -0.2) is 0 Å². The van der Waals surface area contributed by atoms with E-state index >= 15 is 0 Å². The maximum atomic E-state index is 13.2. The molecule has 20 atom stereocenters. The number of aliphatic hydroxyl groups excluding tert-OH is 5. The number of rotatable bonds is 22. The molecule has 4 rings (SSSR count). The van der Waals surface area contributed by atoms with E-state index in [4.69, 9.17) is 56.8 Å². The third-order valence-electron chi connectivity index (χ3n) is 11.8. The minimum atomic E-state index is -1.90. The van der Waals surface area contributed by atoms with Gasteiger partial charge in [0.25, 0.3) is 0 Å². The van der Waals surface area contributed by atoms with Crippen molar-refractivity contribution < 1.29 is 102 Å². The molecule has 0 bridgehead atoms. The maximum absolute atomic E-state index is 13.2. The van der Waals surface area contributed by atoms with Crippen LogP contribution in [0.25, 0.3) is 0 Å². The number of hydrogen-bond acceptors (Lipinski definition) is 21. The zero-order valence-electron chi connectivity index (χ0n) is 39.1. The lowest BCUT2D eigenvalue weighted by Gasteiger charge is -2.50. The molecule has 4 aliphatic heterocycles. The van der Waals surface area contributed by atoms with Crippen molar-refractivity contribution in [2.75, 3.05) is 6.61 Å². The molecule has 21 nitrogen and oxygen atoms in total. The van der Waals surface area contributed by atoms with Gasteiger partial charge >= 0.3 is 23.9 Å². The van der Waals surface area contributed by atoms with Gasteiger partial charge in [0, 0.05) is 33.8 Å². The molecule has 0 saturated carbocycles. The average molecular weight is 939 g/mol. The van der Waals surface area contributed by atoms with Crippen LogP contribution in [0.1, 0.15) is 127 Å². The number of hydrogen-bond donors (Lipinski definition) is 5. The van der Waals surface area contributed by atoms with Gasteiger partial charge in [-0.05, 0) is 40.5 Å². The molecular weight excluding hydrogens is 864 g/mol. The first-order valence-electron chi connectivity index (χ1n) is 23.1. The van der Waals surface area contributed by atoms with Crippen molar-refractivity contribution in [3.05, 3.63) is 0 Å². The molecule has 0 aromatic rings. The molecule has 4 saturated heterocycles. The van der Waals surface area contributed by atoms with E-state index in [1.54, 1.807) is 6.92 Å². The zero-order chi connectivity index (χ0) is 48.1.